The Morgan fingerprint density at radius 1 is 1.29 bits per heavy atom. The maximum absolute atomic E-state index is 11.6. The third-order valence-electron chi connectivity index (χ3n) is 4.06. The zero-order chi connectivity index (χ0) is 17.3. The van der Waals surface area contributed by atoms with Crippen LogP contribution in [0.2, 0.25) is 0 Å². The number of hydrogen-bond acceptors (Lipinski definition) is 4. The first kappa shape index (κ1) is 16.4. The van der Waals surface area contributed by atoms with Crippen molar-refractivity contribution in [1.82, 2.24) is 0 Å². The molecule has 0 fully saturated rings. The quantitative estimate of drug-likeness (QED) is 0.598. The highest BCUT2D eigenvalue weighted by Crippen LogP contribution is 2.36. The number of carbonyl (C=O) groups is 1. The number of aryl methyl sites for hydroxylation is 1. The molecule has 2 aromatic carbocycles. The van der Waals surface area contributed by atoms with E-state index in [2.05, 4.69) is 26.6 Å². The molecule has 7 heteroatoms. The van der Waals surface area contributed by atoms with Gasteiger partial charge in [0.05, 0.1) is 4.92 Å². The summed E-state index contributed by atoms with van der Waals surface area (Å²) < 4.78 is 0.930. The number of benzene rings is 2. The Hall–Kier alpha value is -2.41. The molecule has 0 saturated heterocycles. The van der Waals surface area contributed by atoms with Gasteiger partial charge in [0, 0.05) is 28.7 Å². The predicted molar refractivity (Wildman–Crippen MR) is 96.2 cm³/mol. The summed E-state index contributed by atoms with van der Waals surface area (Å²) >= 11 is 3.49. The summed E-state index contributed by atoms with van der Waals surface area (Å²) in [5, 5.41) is 17.4. The Kier molecular flexibility index (Phi) is 4.53. The lowest BCUT2D eigenvalue weighted by Gasteiger charge is -2.21. The molecule has 0 radical (unpaired) electrons. The minimum atomic E-state index is -0.397. The number of nitro groups is 1. The number of amides is 1. The molecular formula is C17H16BrN3O3. The molecule has 24 heavy (non-hydrogen) atoms. The Balaban J connectivity index is 1.97. The summed E-state index contributed by atoms with van der Waals surface area (Å²) in [7, 11) is 0. The lowest BCUT2D eigenvalue weighted by atomic mass is 10.0. The number of rotatable bonds is 4. The first-order valence-corrected chi connectivity index (χ1v) is 8.37. The summed E-state index contributed by atoms with van der Waals surface area (Å²) in [6, 6.07) is 10.8. The number of anilines is 2. The van der Waals surface area contributed by atoms with Crippen molar-refractivity contribution in [2.24, 2.45) is 0 Å². The van der Waals surface area contributed by atoms with Crippen LogP contribution in [0.1, 0.15) is 30.5 Å². The molecule has 0 bridgehead atoms. The Morgan fingerprint density at radius 2 is 2.04 bits per heavy atom. The highest BCUT2D eigenvalue weighted by molar-refractivity contribution is 9.10. The maximum atomic E-state index is 11.6. The zero-order valence-electron chi connectivity index (χ0n) is 13.0. The van der Waals surface area contributed by atoms with Crippen LogP contribution in [-0.4, -0.2) is 10.8 Å². The maximum Gasteiger partial charge on any atom is 0.292 e. The van der Waals surface area contributed by atoms with E-state index in [0.717, 1.165) is 15.6 Å². The standard InChI is InChI=1S/C17H16BrN3O3/c1-10(12-4-2-3-5-13(12)18)19-15-9-14-11(6-7-17(22)20-14)8-16(15)21(23)24/h2-5,8-10,19H,6-7H2,1H3,(H,20,22). The molecule has 1 aliphatic heterocycles. The van der Waals surface area contributed by atoms with Crippen molar-refractivity contribution in [3.63, 3.8) is 0 Å². The van der Waals surface area contributed by atoms with E-state index in [-0.39, 0.29) is 17.6 Å². The fourth-order valence-corrected chi connectivity index (χ4v) is 3.45. The van der Waals surface area contributed by atoms with E-state index >= 15 is 0 Å². The minimum absolute atomic E-state index is 0.0174. The average molecular weight is 390 g/mol. The molecule has 0 aliphatic carbocycles. The van der Waals surface area contributed by atoms with E-state index in [1.54, 1.807) is 12.1 Å². The van der Waals surface area contributed by atoms with E-state index in [4.69, 9.17) is 0 Å². The number of nitrogens with one attached hydrogen (secondary N) is 2. The second-order valence-corrected chi connectivity index (χ2v) is 6.57. The van der Waals surface area contributed by atoms with Crippen molar-refractivity contribution < 1.29 is 9.72 Å². The molecule has 1 heterocycles. The van der Waals surface area contributed by atoms with Crippen LogP contribution >= 0.6 is 15.9 Å². The highest BCUT2D eigenvalue weighted by atomic mass is 79.9. The van der Waals surface area contributed by atoms with E-state index < -0.39 is 4.92 Å². The number of nitro benzene ring substituents is 1. The lowest BCUT2D eigenvalue weighted by Crippen LogP contribution is -2.19. The largest absolute Gasteiger partial charge is 0.373 e. The summed E-state index contributed by atoms with van der Waals surface area (Å²) in [6.07, 6.45) is 0.867. The van der Waals surface area contributed by atoms with Gasteiger partial charge in [0.2, 0.25) is 5.91 Å². The smallest absolute Gasteiger partial charge is 0.292 e. The monoisotopic (exact) mass is 389 g/mol. The normalized spacial score (nSPS) is 14.5. The fourth-order valence-electron chi connectivity index (χ4n) is 2.82. The van der Waals surface area contributed by atoms with Crippen LogP contribution in [0.4, 0.5) is 17.1 Å². The van der Waals surface area contributed by atoms with Crippen LogP contribution in [-0.2, 0) is 11.2 Å². The number of fused-ring (bicyclic) bond motifs is 1. The van der Waals surface area contributed by atoms with Crippen LogP contribution in [0.15, 0.2) is 40.9 Å². The fraction of sp³-hybridized carbons (Fsp3) is 0.235. The van der Waals surface area contributed by atoms with Gasteiger partial charge >= 0.3 is 0 Å². The molecule has 1 unspecified atom stereocenters. The molecule has 2 aromatic rings. The molecule has 0 saturated carbocycles. The Bertz CT molecular complexity index is 823. The number of nitrogens with zero attached hydrogens (tertiary/aromatic N) is 1. The summed E-state index contributed by atoms with van der Waals surface area (Å²) in [4.78, 5) is 22.6. The van der Waals surface area contributed by atoms with Crippen molar-refractivity contribution >= 4 is 38.9 Å². The summed E-state index contributed by atoms with van der Waals surface area (Å²) in [5.74, 6) is -0.0684. The van der Waals surface area contributed by atoms with Gasteiger partial charge in [-0.2, -0.15) is 0 Å². The third kappa shape index (κ3) is 3.26. The lowest BCUT2D eigenvalue weighted by molar-refractivity contribution is -0.384. The van der Waals surface area contributed by atoms with E-state index in [1.807, 2.05) is 31.2 Å². The average Bonchev–Trinajstić information content (AvgIpc) is 2.54. The minimum Gasteiger partial charge on any atom is -0.373 e. The van der Waals surface area contributed by atoms with Crippen LogP contribution in [0.5, 0.6) is 0 Å². The summed E-state index contributed by atoms with van der Waals surface area (Å²) in [5.41, 5.74) is 2.83. The van der Waals surface area contributed by atoms with Gasteiger partial charge in [-0.3, -0.25) is 14.9 Å². The molecule has 3 rings (SSSR count). The highest BCUT2D eigenvalue weighted by Gasteiger charge is 2.23. The molecule has 1 atom stereocenters. The Labute approximate surface area is 147 Å². The first-order valence-electron chi connectivity index (χ1n) is 7.58. The molecule has 1 amide bonds. The van der Waals surface area contributed by atoms with Gasteiger partial charge in [0.15, 0.2) is 0 Å². The van der Waals surface area contributed by atoms with Gasteiger partial charge < -0.3 is 10.6 Å². The van der Waals surface area contributed by atoms with Crippen LogP contribution in [0.3, 0.4) is 0 Å². The molecule has 6 nitrogen and oxygen atoms in total. The SMILES string of the molecule is CC(Nc1cc2c(cc1[N+](=O)[O-])CCC(=O)N2)c1ccccc1Br. The van der Waals surface area contributed by atoms with Crippen molar-refractivity contribution in [1.29, 1.82) is 0 Å². The van der Waals surface area contributed by atoms with Crippen molar-refractivity contribution in [3.05, 3.63) is 62.1 Å². The van der Waals surface area contributed by atoms with E-state index in [9.17, 15) is 14.9 Å². The zero-order valence-corrected chi connectivity index (χ0v) is 14.6. The molecule has 1 aliphatic rings. The predicted octanol–water partition coefficient (Wildman–Crippen LogP) is 4.42. The van der Waals surface area contributed by atoms with Crippen LogP contribution in [0.25, 0.3) is 0 Å². The molecule has 0 spiro atoms. The van der Waals surface area contributed by atoms with Gasteiger partial charge in [0.25, 0.3) is 5.69 Å². The number of halogens is 1. The van der Waals surface area contributed by atoms with Crippen LogP contribution in [0, 0.1) is 10.1 Å². The van der Waals surface area contributed by atoms with Gasteiger partial charge in [-0.05, 0) is 36.6 Å². The van der Waals surface area contributed by atoms with Crippen molar-refractivity contribution in [2.45, 2.75) is 25.8 Å². The second kappa shape index (κ2) is 6.60. The van der Waals surface area contributed by atoms with Gasteiger partial charge in [-0.1, -0.05) is 34.1 Å². The van der Waals surface area contributed by atoms with Gasteiger partial charge in [-0.25, -0.2) is 0 Å². The number of hydrogen-bond donors (Lipinski definition) is 2. The topological polar surface area (TPSA) is 84.3 Å². The molecule has 2 N–H and O–H groups in total. The van der Waals surface area contributed by atoms with Gasteiger partial charge in [0.1, 0.15) is 5.69 Å². The first-order chi connectivity index (χ1) is 11.5. The van der Waals surface area contributed by atoms with Gasteiger partial charge in [-0.15, -0.1) is 0 Å². The molecule has 124 valence electrons. The number of carbonyl (C=O) groups excluding carboxylic acids is 1. The van der Waals surface area contributed by atoms with E-state index in [1.165, 1.54) is 0 Å². The molecular weight excluding hydrogens is 374 g/mol. The van der Waals surface area contributed by atoms with Crippen molar-refractivity contribution in [3.8, 4) is 0 Å². The second-order valence-electron chi connectivity index (χ2n) is 5.72. The van der Waals surface area contributed by atoms with Crippen LogP contribution < -0.4 is 10.6 Å². The Morgan fingerprint density at radius 3 is 2.75 bits per heavy atom. The summed E-state index contributed by atoms with van der Waals surface area (Å²) in [6.45, 7) is 1.93. The third-order valence-corrected chi connectivity index (χ3v) is 4.78. The van der Waals surface area contributed by atoms with Crippen molar-refractivity contribution in [2.75, 3.05) is 10.6 Å². The van der Waals surface area contributed by atoms with E-state index in [0.29, 0.717) is 24.2 Å². The molecule has 0 aromatic heterocycles.